The molecule has 4 rings (SSSR count). The highest BCUT2D eigenvalue weighted by Gasteiger charge is 2.47. The van der Waals surface area contributed by atoms with E-state index in [2.05, 4.69) is 82.8 Å². The van der Waals surface area contributed by atoms with Crippen molar-refractivity contribution < 1.29 is 19.4 Å². The summed E-state index contributed by atoms with van der Waals surface area (Å²) in [6.07, 6.45) is 0.543. The van der Waals surface area contributed by atoms with Crippen LogP contribution >= 0.6 is 0 Å². The Labute approximate surface area is 233 Å². The van der Waals surface area contributed by atoms with Gasteiger partial charge in [0.2, 0.25) is 0 Å². The molecule has 3 aromatic carbocycles. The van der Waals surface area contributed by atoms with Gasteiger partial charge in [-0.15, -0.1) is 0 Å². The average Bonchev–Trinajstić information content (AvgIpc) is 2.90. The molecule has 5 heteroatoms. The number of benzene rings is 3. The van der Waals surface area contributed by atoms with Crippen LogP contribution in [-0.4, -0.2) is 52.4 Å². The van der Waals surface area contributed by atoms with Crippen LogP contribution in [-0.2, 0) is 10.2 Å². The molecule has 1 atom stereocenters. The van der Waals surface area contributed by atoms with Crippen LogP contribution in [0.15, 0.2) is 84.9 Å². The van der Waals surface area contributed by atoms with Crippen molar-refractivity contribution in [1.82, 2.24) is 4.90 Å². The Morgan fingerprint density at radius 2 is 1.38 bits per heavy atom. The Balaban J connectivity index is 1.33. The Morgan fingerprint density at radius 3 is 1.95 bits per heavy atom. The quantitative estimate of drug-likeness (QED) is 0.315. The van der Waals surface area contributed by atoms with E-state index < -0.39 is 6.10 Å². The minimum absolute atomic E-state index is 0.113. The molecule has 1 aliphatic heterocycles. The first-order chi connectivity index (χ1) is 18.4. The zero-order valence-corrected chi connectivity index (χ0v) is 24.2. The number of piperidine rings is 1. The number of aliphatic hydroxyl groups is 1. The van der Waals surface area contributed by atoms with Crippen molar-refractivity contribution in [2.24, 2.45) is 0 Å². The Bertz CT molecular complexity index is 1200. The van der Waals surface area contributed by atoms with Gasteiger partial charge in [-0.2, -0.15) is 0 Å². The molecule has 1 fully saturated rings. The second-order valence-electron chi connectivity index (χ2n) is 12.5. The lowest BCUT2D eigenvalue weighted by Gasteiger charge is -2.55. The van der Waals surface area contributed by atoms with E-state index in [0.717, 1.165) is 5.75 Å². The molecule has 1 unspecified atom stereocenters. The van der Waals surface area contributed by atoms with E-state index in [1.807, 2.05) is 36.4 Å². The van der Waals surface area contributed by atoms with E-state index in [4.69, 9.17) is 9.47 Å². The van der Waals surface area contributed by atoms with Crippen LogP contribution in [0.1, 0.15) is 75.9 Å². The fourth-order valence-corrected chi connectivity index (χ4v) is 6.04. The predicted molar refractivity (Wildman–Crippen MR) is 156 cm³/mol. The van der Waals surface area contributed by atoms with Crippen molar-refractivity contribution in [2.45, 2.75) is 83.1 Å². The summed E-state index contributed by atoms with van der Waals surface area (Å²) in [7, 11) is 0. The van der Waals surface area contributed by atoms with Gasteiger partial charge in [0.25, 0.3) is 0 Å². The number of hydrogen-bond donors (Lipinski definition) is 1. The second-order valence-corrected chi connectivity index (χ2v) is 12.5. The van der Waals surface area contributed by atoms with Crippen molar-refractivity contribution in [3.05, 3.63) is 102 Å². The number of ether oxygens (including phenoxy) is 2. The van der Waals surface area contributed by atoms with Crippen LogP contribution < -0.4 is 4.74 Å². The SMILES string of the molecule is CC(C)(c1ccccc1)c1ccc(OCC(O)CN2C(C)(C)CC(OC(=O)c3ccccc3)CC2(C)C)cc1. The lowest BCUT2D eigenvalue weighted by molar-refractivity contribution is -0.104. The topological polar surface area (TPSA) is 59.0 Å². The average molecular weight is 530 g/mol. The van der Waals surface area contributed by atoms with Gasteiger partial charge < -0.3 is 14.6 Å². The molecule has 5 nitrogen and oxygen atoms in total. The molecule has 0 aliphatic carbocycles. The van der Waals surface area contributed by atoms with E-state index in [-0.39, 0.29) is 35.2 Å². The van der Waals surface area contributed by atoms with Crippen LogP contribution in [0.25, 0.3) is 0 Å². The summed E-state index contributed by atoms with van der Waals surface area (Å²) in [6.45, 7) is 13.7. The van der Waals surface area contributed by atoms with E-state index in [0.29, 0.717) is 24.9 Å². The molecular formula is C34H43NO4. The summed E-state index contributed by atoms with van der Waals surface area (Å²) in [5.74, 6) is 0.457. The van der Waals surface area contributed by atoms with Crippen LogP contribution in [0.5, 0.6) is 5.75 Å². The van der Waals surface area contributed by atoms with E-state index >= 15 is 0 Å². The molecule has 3 aromatic rings. The highest BCUT2D eigenvalue weighted by atomic mass is 16.5. The maximum absolute atomic E-state index is 12.7. The van der Waals surface area contributed by atoms with Gasteiger partial charge in [-0.05, 0) is 63.1 Å². The third-order valence-electron chi connectivity index (χ3n) is 8.11. The molecule has 0 bridgehead atoms. The van der Waals surface area contributed by atoms with Crippen LogP contribution in [0.2, 0.25) is 0 Å². The number of likely N-dealkylation sites (tertiary alicyclic amines) is 1. The first-order valence-corrected chi connectivity index (χ1v) is 13.9. The number of nitrogens with zero attached hydrogens (tertiary/aromatic N) is 1. The highest BCUT2D eigenvalue weighted by molar-refractivity contribution is 5.89. The smallest absolute Gasteiger partial charge is 0.338 e. The minimum atomic E-state index is -0.660. The normalized spacial score (nSPS) is 18.3. The van der Waals surface area contributed by atoms with Crippen molar-refractivity contribution in [3.63, 3.8) is 0 Å². The molecule has 1 aliphatic rings. The van der Waals surface area contributed by atoms with Gasteiger partial charge in [-0.25, -0.2) is 4.79 Å². The summed E-state index contributed by atoms with van der Waals surface area (Å²) in [5, 5.41) is 11.0. The lowest BCUT2D eigenvalue weighted by atomic mass is 9.77. The Hall–Kier alpha value is -3.15. The second kappa shape index (κ2) is 11.5. The number of carbonyl (C=O) groups is 1. The van der Waals surface area contributed by atoms with Crippen molar-refractivity contribution in [1.29, 1.82) is 0 Å². The van der Waals surface area contributed by atoms with Crippen LogP contribution in [0.3, 0.4) is 0 Å². The molecule has 0 aromatic heterocycles. The zero-order chi connectivity index (χ0) is 28.3. The number of aliphatic hydroxyl groups excluding tert-OH is 1. The largest absolute Gasteiger partial charge is 0.491 e. The maximum atomic E-state index is 12.7. The van der Waals surface area contributed by atoms with E-state index in [1.165, 1.54) is 11.1 Å². The molecule has 1 saturated heterocycles. The first kappa shape index (κ1) is 28.8. The van der Waals surface area contributed by atoms with Crippen LogP contribution in [0.4, 0.5) is 0 Å². The Morgan fingerprint density at radius 1 is 0.872 bits per heavy atom. The molecule has 0 spiro atoms. The molecule has 0 amide bonds. The van der Waals surface area contributed by atoms with Crippen LogP contribution in [0, 0.1) is 0 Å². The molecule has 1 N–H and O–H groups in total. The first-order valence-electron chi connectivity index (χ1n) is 13.9. The predicted octanol–water partition coefficient (Wildman–Crippen LogP) is 6.63. The standard InChI is InChI=1S/C34H43NO4/c1-32(2)21-30(39-31(37)25-13-9-7-10-14-25)22-33(3,4)35(32)23-28(36)24-38-29-19-17-27(18-20-29)34(5,6)26-15-11-8-12-16-26/h7-20,28,30,36H,21-24H2,1-6H3. The number of rotatable bonds is 9. The van der Waals surface area contributed by atoms with Crippen molar-refractivity contribution >= 4 is 5.97 Å². The minimum Gasteiger partial charge on any atom is -0.491 e. The zero-order valence-electron chi connectivity index (χ0n) is 24.2. The van der Waals surface area contributed by atoms with Gasteiger partial charge in [0.1, 0.15) is 24.6 Å². The van der Waals surface area contributed by atoms with E-state index in [9.17, 15) is 9.90 Å². The number of esters is 1. The highest BCUT2D eigenvalue weighted by Crippen LogP contribution is 2.40. The molecule has 39 heavy (non-hydrogen) atoms. The summed E-state index contributed by atoms with van der Waals surface area (Å²) in [4.78, 5) is 15.0. The Kier molecular flexibility index (Phi) is 8.53. The van der Waals surface area contributed by atoms with Gasteiger partial charge in [0.15, 0.2) is 0 Å². The molecule has 0 saturated carbocycles. The van der Waals surface area contributed by atoms with Gasteiger partial charge >= 0.3 is 5.97 Å². The van der Waals surface area contributed by atoms with Gasteiger partial charge in [-0.3, -0.25) is 4.90 Å². The number of hydrogen-bond acceptors (Lipinski definition) is 5. The summed E-state index contributed by atoms with van der Waals surface area (Å²) in [5.41, 5.74) is 2.39. The number of carbonyl (C=O) groups excluding carboxylic acids is 1. The summed E-state index contributed by atoms with van der Waals surface area (Å²) < 4.78 is 11.9. The van der Waals surface area contributed by atoms with E-state index in [1.54, 1.807) is 12.1 Å². The van der Waals surface area contributed by atoms with Crippen molar-refractivity contribution in [2.75, 3.05) is 13.2 Å². The fourth-order valence-electron chi connectivity index (χ4n) is 6.04. The summed E-state index contributed by atoms with van der Waals surface area (Å²) >= 11 is 0. The lowest BCUT2D eigenvalue weighted by Crippen LogP contribution is -2.64. The third-order valence-corrected chi connectivity index (χ3v) is 8.11. The van der Waals surface area contributed by atoms with Gasteiger partial charge in [-0.1, -0.05) is 74.5 Å². The summed E-state index contributed by atoms with van der Waals surface area (Å²) in [6, 6.07) is 27.8. The molecule has 1 heterocycles. The van der Waals surface area contributed by atoms with Gasteiger partial charge in [0, 0.05) is 35.9 Å². The maximum Gasteiger partial charge on any atom is 0.338 e. The monoisotopic (exact) mass is 529 g/mol. The fraction of sp³-hybridized carbons (Fsp3) is 0.441. The van der Waals surface area contributed by atoms with Crippen molar-refractivity contribution in [3.8, 4) is 5.75 Å². The molecule has 0 radical (unpaired) electrons. The van der Waals surface area contributed by atoms with Gasteiger partial charge in [0.05, 0.1) is 5.56 Å². The number of β-amino-alcohol motifs (C(OH)–C–C–N with tert-alkyl or cyclic N) is 1. The molecule has 208 valence electrons. The third kappa shape index (κ3) is 6.90. The molecular weight excluding hydrogens is 486 g/mol.